The van der Waals surface area contributed by atoms with Crippen LogP contribution in [0.1, 0.15) is 0 Å². The van der Waals surface area contributed by atoms with Crippen LogP contribution in [0.25, 0.3) is 97.7 Å². The van der Waals surface area contributed by atoms with Crippen molar-refractivity contribution in [2.45, 2.75) is 0 Å². The Morgan fingerprint density at radius 2 is 0.717 bits per heavy atom. The Balaban J connectivity index is 1.42. The summed E-state index contributed by atoms with van der Waals surface area (Å²) in [5, 5.41) is 17.9. The summed E-state index contributed by atoms with van der Waals surface area (Å²) in [7, 11) is 0. The zero-order valence-electron chi connectivity index (χ0n) is 25.2. The molecule has 0 nitrogen and oxygen atoms in total. The lowest BCUT2D eigenvalue weighted by Crippen LogP contribution is -1.93. The summed E-state index contributed by atoms with van der Waals surface area (Å²) in [6.45, 7) is 0. The molecule has 0 saturated heterocycles. The molecule has 0 atom stereocenters. The van der Waals surface area contributed by atoms with E-state index in [1.165, 1.54) is 97.7 Å². The summed E-state index contributed by atoms with van der Waals surface area (Å²) in [5.74, 6) is 0. The Labute approximate surface area is 266 Å². The highest BCUT2D eigenvalue weighted by molar-refractivity contribution is 6.30. The largest absolute Gasteiger partial charge is 0.0616 e. The van der Waals surface area contributed by atoms with Crippen molar-refractivity contribution in [2.24, 2.45) is 0 Å². The molecule has 10 rings (SSSR count). The van der Waals surface area contributed by atoms with Crippen molar-refractivity contribution in [1.29, 1.82) is 0 Å². The van der Waals surface area contributed by atoms with Crippen molar-refractivity contribution in [3.05, 3.63) is 170 Å². The maximum Gasteiger partial charge on any atom is -0.00141 e. The average Bonchev–Trinajstić information content (AvgIpc) is 3.13. The molecule has 0 unspecified atom stereocenters. The van der Waals surface area contributed by atoms with E-state index in [2.05, 4.69) is 170 Å². The maximum atomic E-state index is 2.42. The molecule has 0 N–H and O–H groups in total. The standard InChI is InChI=1S/C46H28/c1-4-14-34-29(11-1)21-22-31-23-24-33(28-42(31)34)44-39-19-9-10-20-40(39)45(41-26-25-30-12-2-6-16-36(30)46(41)44)43-27-32-13-3-5-15-35(32)37-17-7-8-18-38(37)43/h1-28H. The summed E-state index contributed by atoms with van der Waals surface area (Å²) >= 11 is 0. The van der Waals surface area contributed by atoms with Gasteiger partial charge in [-0.15, -0.1) is 0 Å². The number of fused-ring (bicyclic) bond motifs is 10. The molecule has 0 saturated carbocycles. The molecule has 0 heterocycles. The molecule has 0 aliphatic carbocycles. The second-order valence-electron chi connectivity index (χ2n) is 12.4. The lowest BCUT2D eigenvalue weighted by atomic mass is 9.82. The van der Waals surface area contributed by atoms with Gasteiger partial charge in [-0.05, 0) is 110 Å². The quantitative estimate of drug-likeness (QED) is 0.141. The van der Waals surface area contributed by atoms with Crippen LogP contribution in [0, 0.1) is 0 Å². The molecule has 0 aliphatic rings. The predicted molar refractivity (Wildman–Crippen MR) is 200 cm³/mol. The van der Waals surface area contributed by atoms with E-state index in [1.54, 1.807) is 0 Å². The second-order valence-corrected chi connectivity index (χ2v) is 12.4. The first kappa shape index (κ1) is 25.4. The third-order valence-electron chi connectivity index (χ3n) is 9.99. The van der Waals surface area contributed by atoms with E-state index in [0.717, 1.165) is 0 Å². The molecule has 0 aromatic heterocycles. The fourth-order valence-electron chi connectivity index (χ4n) is 7.96. The van der Waals surface area contributed by atoms with Gasteiger partial charge in [0.1, 0.15) is 0 Å². The smallest absolute Gasteiger partial charge is 0.00141 e. The third-order valence-corrected chi connectivity index (χ3v) is 9.99. The van der Waals surface area contributed by atoms with Crippen LogP contribution in [0.15, 0.2) is 170 Å². The Morgan fingerprint density at radius 3 is 1.46 bits per heavy atom. The second kappa shape index (κ2) is 9.76. The van der Waals surface area contributed by atoms with Crippen LogP contribution in [0.4, 0.5) is 0 Å². The van der Waals surface area contributed by atoms with Crippen molar-refractivity contribution in [3.8, 4) is 22.3 Å². The Kier molecular flexibility index (Phi) is 5.38. The van der Waals surface area contributed by atoms with Gasteiger partial charge in [0.05, 0.1) is 0 Å². The van der Waals surface area contributed by atoms with Gasteiger partial charge in [-0.1, -0.05) is 158 Å². The Bertz CT molecular complexity index is 2850. The first-order chi connectivity index (χ1) is 22.8. The fourth-order valence-corrected chi connectivity index (χ4v) is 7.96. The number of rotatable bonds is 2. The van der Waals surface area contributed by atoms with Crippen LogP contribution in [-0.2, 0) is 0 Å². The van der Waals surface area contributed by atoms with Crippen molar-refractivity contribution < 1.29 is 0 Å². The normalized spacial score (nSPS) is 11.9. The minimum atomic E-state index is 1.25. The summed E-state index contributed by atoms with van der Waals surface area (Å²) < 4.78 is 0. The summed E-state index contributed by atoms with van der Waals surface area (Å²) in [6.07, 6.45) is 0. The van der Waals surface area contributed by atoms with E-state index in [9.17, 15) is 0 Å². The number of hydrogen-bond acceptors (Lipinski definition) is 0. The Morgan fingerprint density at radius 1 is 0.239 bits per heavy atom. The predicted octanol–water partition coefficient (Wildman–Crippen LogP) is 13.1. The lowest BCUT2D eigenvalue weighted by Gasteiger charge is -2.21. The molecule has 10 aromatic carbocycles. The zero-order valence-corrected chi connectivity index (χ0v) is 25.2. The maximum absolute atomic E-state index is 2.42. The molecule has 0 amide bonds. The van der Waals surface area contributed by atoms with Crippen LogP contribution in [0.5, 0.6) is 0 Å². The molecular formula is C46H28. The summed E-state index contributed by atoms with van der Waals surface area (Å²) in [5.41, 5.74) is 5.12. The minimum absolute atomic E-state index is 1.25. The molecule has 0 bridgehead atoms. The van der Waals surface area contributed by atoms with Crippen molar-refractivity contribution in [2.75, 3.05) is 0 Å². The molecule has 0 fully saturated rings. The van der Waals surface area contributed by atoms with Gasteiger partial charge in [0.15, 0.2) is 0 Å². The first-order valence-corrected chi connectivity index (χ1v) is 16.0. The number of hydrogen-bond donors (Lipinski definition) is 0. The molecule has 46 heavy (non-hydrogen) atoms. The van der Waals surface area contributed by atoms with Crippen LogP contribution in [0.2, 0.25) is 0 Å². The van der Waals surface area contributed by atoms with E-state index in [1.807, 2.05) is 0 Å². The monoisotopic (exact) mass is 580 g/mol. The van der Waals surface area contributed by atoms with Crippen LogP contribution < -0.4 is 0 Å². The molecule has 0 radical (unpaired) electrons. The van der Waals surface area contributed by atoms with Gasteiger partial charge < -0.3 is 0 Å². The molecular weight excluding hydrogens is 553 g/mol. The first-order valence-electron chi connectivity index (χ1n) is 16.0. The topological polar surface area (TPSA) is 0 Å². The van der Waals surface area contributed by atoms with E-state index in [0.29, 0.717) is 0 Å². The van der Waals surface area contributed by atoms with Gasteiger partial charge in [-0.3, -0.25) is 0 Å². The number of benzene rings is 10. The van der Waals surface area contributed by atoms with Gasteiger partial charge in [-0.2, -0.15) is 0 Å². The van der Waals surface area contributed by atoms with E-state index < -0.39 is 0 Å². The van der Waals surface area contributed by atoms with Gasteiger partial charge in [0.25, 0.3) is 0 Å². The highest BCUT2D eigenvalue weighted by Crippen LogP contribution is 2.48. The molecule has 0 heteroatoms. The van der Waals surface area contributed by atoms with Crippen molar-refractivity contribution in [1.82, 2.24) is 0 Å². The van der Waals surface area contributed by atoms with E-state index in [4.69, 9.17) is 0 Å². The SMILES string of the molecule is c1ccc2c(c1)ccc1ccc(-c3c4ccccc4c(-c4cc5ccccc5c5ccccc45)c4ccc5ccccc5c34)cc12. The minimum Gasteiger partial charge on any atom is -0.0616 e. The van der Waals surface area contributed by atoms with Crippen molar-refractivity contribution >= 4 is 75.4 Å². The fraction of sp³-hybridized carbons (Fsp3) is 0. The molecule has 212 valence electrons. The van der Waals surface area contributed by atoms with Crippen molar-refractivity contribution in [3.63, 3.8) is 0 Å². The van der Waals surface area contributed by atoms with Gasteiger partial charge in [0.2, 0.25) is 0 Å². The summed E-state index contributed by atoms with van der Waals surface area (Å²) in [4.78, 5) is 0. The van der Waals surface area contributed by atoms with Gasteiger partial charge in [0, 0.05) is 0 Å². The van der Waals surface area contributed by atoms with E-state index in [-0.39, 0.29) is 0 Å². The molecule has 0 spiro atoms. The highest BCUT2D eigenvalue weighted by Gasteiger charge is 2.21. The molecule has 0 aliphatic heterocycles. The van der Waals surface area contributed by atoms with Crippen LogP contribution in [-0.4, -0.2) is 0 Å². The average molecular weight is 581 g/mol. The van der Waals surface area contributed by atoms with Crippen LogP contribution >= 0.6 is 0 Å². The highest BCUT2D eigenvalue weighted by atomic mass is 14.2. The van der Waals surface area contributed by atoms with Gasteiger partial charge in [-0.25, -0.2) is 0 Å². The third kappa shape index (κ3) is 3.62. The summed E-state index contributed by atoms with van der Waals surface area (Å²) in [6, 6.07) is 62.9. The zero-order chi connectivity index (χ0) is 30.2. The lowest BCUT2D eigenvalue weighted by molar-refractivity contribution is 1.70. The van der Waals surface area contributed by atoms with E-state index >= 15 is 0 Å². The van der Waals surface area contributed by atoms with Crippen LogP contribution in [0.3, 0.4) is 0 Å². The molecule has 10 aromatic rings. The van der Waals surface area contributed by atoms with Gasteiger partial charge >= 0.3 is 0 Å². The Hall–Kier alpha value is -5.98.